The second kappa shape index (κ2) is 73.3. The molecule has 9 nitrogen and oxygen atoms in total. The summed E-state index contributed by atoms with van der Waals surface area (Å²) in [6, 6.07) is 0. The van der Waals surface area contributed by atoms with Gasteiger partial charge in [0.2, 0.25) is 0 Å². The highest BCUT2D eigenvalue weighted by atomic mass is 16.7. The summed E-state index contributed by atoms with van der Waals surface area (Å²) in [6.45, 7) is 4.94. The number of aliphatic carboxylic acids is 1. The van der Waals surface area contributed by atoms with E-state index in [0.717, 1.165) is 44.9 Å². The number of nitrogens with zero attached hydrogens (tertiary/aromatic N) is 1. The lowest BCUT2D eigenvalue weighted by atomic mass is 10.0. The molecule has 0 aliphatic carbocycles. The number of carbonyl (C=O) groups is 3. The molecular weight excluding hydrogens is 1130 g/mol. The molecule has 0 rings (SSSR count). The first kappa shape index (κ1) is 88.5. The number of allylic oxidation sites excluding steroid dienone is 6. The summed E-state index contributed by atoms with van der Waals surface area (Å²) in [4.78, 5) is 37.7. The number of unbranched alkanes of at least 4 members (excludes halogenated alkanes) is 55. The summed E-state index contributed by atoms with van der Waals surface area (Å²) >= 11 is 0. The zero-order valence-corrected chi connectivity index (χ0v) is 61.5. The van der Waals surface area contributed by atoms with Crippen molar-refractivity contribution in [3.8, 4) is 0 Å². The van der Waals surface area contributed by atoms with Crippen LogP contribution >= 0.6 is 0 Å². The van der Waals surface area contributed by atoms with Gasteiger partial charge in [-0.3, -0.25) is 9.59 Å². The number of esters is 2. The molecule has 0 heterocycles. The average molecular weight is 1280 g/mol. The SMILES string of the molecule is CCCCCCC/C=C\C/C=C\CCCCCCCCCCCCCCCCCCCCCCCCCCCCCCCC(=O)OC(COC(=O)CCCCCCCCCCCCCCC/C=C\CCCCCCCCCC)COC(OCC[N+](C)(C)C)C(=O)O. The van der Waals surface area contributed by atoms with Gasteiger partial charge in [0, 0.05) is 12.8 Å². The van der Waals surface area contributed by atoms with E-state index in [1.165, 1.54) is 340 Å². The lowest BCUT2D eigenvalue weighted by Crippen LogP contribution is -2.40. The Bertz CT molecular complexity index is 1590. The highest BCUT2D eigenvalue weighted by Crippen LogP contribution is 2.20. The van der Waals surface area contributed by atoms with Crippen LogP contribution in [0.1, 0.15) is 412 Å². The third kappa shape index (κ3) is 74.8. The number of hydrogen-bond donors (Lipinski definition) is 1. The van der Waals surface area contributed by atoms with Crippen LogP contribution in [-0.4, -0.2) is 87.4 Å². The summed E-state index contributed by atoms with van der Waals surface area (Å²) < 4.78 is 23.1. The highest BCUT2D eigenvalue weighted by Gasteiger charge is 2.25. The van der Waals surface area contributed by atoms with Crippen molar-refractivity contribution in [1.29, 1.82) is 0 Å². The van der Waals surface area contributed by atoms with Crippen molar-refractivity contribution in [2.24, 2.45) is 0 Å². The molecule has 0 fully saturated rings. The molecule has 0 spiro atoms. The molecule has 0 aromatic rings. The number of likely N-dealkylation sites (N-methyl/N-ethyl adjacent to an activating group) is 1. The summed E-state index contributed by atoms with van der Waals surface area (Å²) in [7, 11) is 6.00. The van der Waals surface area contributed by atoms with E-state index in [0.29, 0.717) is 17.4 Å². The van der Waals surface area contributed by atoms with Gasteiger partial charge in [-0.05, 0) is 70.6 Å². The van der Waals surface area contributed by atoms with Crippen LogP contribution in [0.5, 0.6) is 0 Å². The van der Waals surface area contributed by atoms with Crippen molar-refractivity contribution in [3.05, 3.63) is 36.5 Å². The van der Waals surface area contributed by atoms with Gasteiger partial charge in [0.1, 0.15) is 13.2 Å². The van der Waals surface area contributed by atoms with E-state index in [-0.39, 0.29) is 38.2 Å². The first-order chi connectivity index (χ1) is 44.6. The molecule has 0 saturated carbocycles. The molecule has 2 atom stereocenters. The third-order valence-corrected chi connectivity index (χ3v) is 18.4. The van der Waals surface area contributed by atoms with Crippen LogP contribution < -0.4 is 0 Å². The average Bonchev–Trinajstić information content (AvgIpc) is 3.53. The number of hydrogen-bond acceptors (Lipinski definition) is 7. The number of carboxylic acid groups (broad SMARTS) is 1. The van der Waals surface area contributed by atoms with Gasteiger partial charge >= 0.3 is 17.9 Å². The van der Waals surface area contributed by atoms with Gasteiger partial charge in [-0.25, -0.2) is 4.79 Å². The molecule has 91 heavy (non-hydrogen) atoms. The van der Waals surface area contributed by atoms with Crippen molar-refractivity contribution in [1.82, 2.24) is 0 Å². The fourth-order valence-electron chi connectivity index (χ4n) is 12.2. The molecule has 0 aliphatic heterocycles. The molecule has 1 N–H and O–H groups in total. The fraction of sp³-hybridized carbons (Fsp3) is 0.890. The summed E-state index contributed by atoms with van der Waals surface area (Å²) in [6.07, 6.45) is 91.7. The lowest BCUT2D eigenvalue weighted by molar-refractivity contribution is -0.870. The second-order valence-electron chi connectivity index (χ2n) is 28.7. The molecule has 0 aromatic carbocycles. The van der Waals surface area contributed by atoms with Crippen LogP contribution in [0.25, 0.3) is 0 Å². The normalized spacial score (nSPS) is 12.8. The van der Waals surface area contributed by atoms with Gasteiger partial charge in [-0.2, -0.15) is 0 Å². The van der Waals surface area contributed by atoms with Crippen LogP contribution in [0.15, 0.2) is 36.5 Å². The van der Waals surface area contributed by atoms with Crippen molar-refractivity contribution in [2.75, 3.05) is 47.5 Å². The zero-order valence-electron chi connectivity index (χ0n) is 61.5. The van der Waals surface area contributed by atoms with Crippen LogP contribution in [0.3, 0.4) is 0 Å². The predicted octanol–water partition coefficient (Wildman–Crippen LogP) is 25.5. The summed E-state index contributed by atoms with van der Waals surface area (Å²) in [5, 5.41) is 9.77. The molecule has 0 bridgehead atoms. The number of ether oxygens (including phenoxy) is 4. The zero-order chi connectivity index (χ0) is 66.1. The molecule has 0 aliphatic rings. The smallest absolute Gasteiger partial charge is 0.361 e. The Balaban J connectivity index is 3.93. The fourth-order valence-corrected chi connectivity index (χ4v) is 12.2. The van der Waals surface area contributed by atoms with E-state index in [1.807, 2.05) is 21.1 Å². The minimum Gasteiger partial charge on any atom is -0.477 e. The summed E-state index contributed by atoms with van der Waals surface area (Å²) in [5.74, 6) is -1.97. The number of quaternary nitrogens is 1. The Morgan fingerprint density at radius 2 is 0.593 bits per heavy atom. The van der Waals surface area contributed by atoms with Crippen LogP contribution in [0.4, 0.5) is 0 Å². The molecule has 0 radical (unpaired) electrons. The topological polar surface area (TPSA) is 108 Å². The third-order valence-electron chi connectivity index (χ3n) is 18.4. The van der Waals surface area contributed by atoms with E-state index in [4.69, 9.17) is 18.9 Å². The highest BCUT2D eigenvalue weighted by molar-refractivity contribution is 5.71. The second-order valence-corrected chi connectivity index (χ2v) is 28.7. The largest absolute Gasteiger partial charge is 0.477 e. The molecule has 0 amide bonds. The van der Waals surface area contributed by atoms with Crippen molar-refractivity contribution < 1.29 is 42.9 Å². The quantitative estimate of drug-likeness (QED) is 0.0211. The standard InChI is InChI=1S/C82H155NO8/c1-6-8-10-12-14-16-18-20-22-24-26-28-30-32-33-34-35-36-37-38-39-40-41-42-43-44-45-46-47-49-51-53-55-57-59-61-63-65-67-69-71-73-80(85)91-78(77-90-82(81(86)87)88-75-74-83(3,4)5)76-89-79(84)72-70-68-66-64-62-60-58-56-54-52-50-48-31-29-27-25-23-21-19-17-15-13-11-9-7-2/h18,20,24-27,78,82H,6-17,19,21-23,28-77H2,1-5H3/p+1/b20-18-,26-24-,27-25-. The van der Waals surface area contributed by atoms with Gasteiger partial charge in [-0.1, -0.05) is 365 Å². The number of carboxylic acids is 1. The first-order valence-electron chi connectivity index (χ1n) is 40.2. The van der Waals surface area contributed by atoms with E-state index in [2.05, 4.69) is 50.3 Å². The maximum Gasteiger partial charge on any atom is 0.361 e. The minimum absolute atomic E-state index is 0.176. The summed E-state index contributed by atoms with van der Waals surface area (Å²) in [5.41, 5.74) is 0. The maximum absolute atomic E-state index is 13.0. The van der Waals surface area contributed by atoms with Crippen LogP contribution in [-0.2, 0) is 33.3 Å². The predicted molar refractivity (Wildman–Crippen MR) is 392 cm³/mol. The van der Waals surface area contributed by atoms with Gasteiger partial charge in [0.25, 0.3) is 6.29 Å². The first-order valence-corrected chi connectivity index (χ1v) is 40.2. The van der Waals surface area contributed by atoms with Crippen molar-refractivity contribution in [3.63, 3.8) is 0 Å². The Labute approximate surface area is 566 Å². The van der Waals surface area contributed by atoms with E-state index >= 15 is 0 Å². The molecular formula is C82H156NO8+. The molecule has 0 saturated heterocycles. The van der Waals surface area contributed by atoms with Crippen molar-refractivity contribution in [2.45, 2.75) is 424 Å². The monoisotopic (exact) mass is 1280 g/mol. The van der Waals surface area contributed by atoms with Crippen LogP contribution in [0, 0.1) is 0 Å². The Morgan fingerprint density at radius 1 is 0.330 bits per heavy atom. The molecule has 0 aromatic heterocycles. The molecule has 2 unspecified atom stereocenters. The molecule has 9 heteroatoms. The Hall–Kier alpha value is -2.49. The van der Waals surface area contributed by atoms with Crippen LogP contribution in [0.2, 0.25) is 0 Å². The lowest BCUT2D eigenvalue weighted by Gasteiger charge is -2.25. The van der Waals surface area contributed by atoms with Crippen molar-refractivity contribution >= 4 is 17.9 Å². The Morgan fingerprint density at radius 3 is 0.879 bits per heavy atom. The number of rotatable bonds is 76. The van der Waals surface area contributed by atoms with E-state index in [9.17, 15) is 19.5 Å². The van der Waals surface area contributed by atoms with Gasteiger partial charge in [0.15, 0.2) is 6.10 Å². The van der Waals surface area contributed by atoms with Gasteiger partial charge in [0.05, 0.1) is 34.4 Å². The Kier molecular flexibility index (Phi) is 71.3. The van der Waals surface area contributed by atoms with E-state index < -0.39 is 18.4 Å². The van der Waals surface area contributed by atoms with Gasteiger partial charge in [-0.15, -0.1) is 0 Å². The maximum atomic E-state index is 13.0. The van der Waals surface area contributed by atoms with Gasteiger partial charge < -0.3 is 28.5 Å². The number of carbonyl (C=O) groups excluding carboxylic acids is 2. The molecule has 536 valence electrons. The minimum atomic E-state index is -1.51. The van der Waals surface area contributed by atoms with E-state index in [1.54, 1.807) is 0 Å².